The van der Waals surface area contributed by atoms with Gasteiger partial charge in [-0.25, -0.2) is 4.98 Å². The molecular weight excluding hydrogens is 258 g/mol. The predicted molar refractivity (Wildman–Crippen MR) is 78.0 cm³/mol. The number of nitrogens with zero attached hydrogens (tertiary/aromatic N) is 2. The van der Waals surface area contributed by atoms with E-state index in [9.17, 15) is 5.11 Å². The molecule has 2 heterocycles. The van der Waals surface area contributed by atoms with Crippen molar-refractivity contribution in [1.29, 1.82) is 0 Å². The number of anilines is 1. The molecule has 0 fully saturated rings. The Hall–Kier alpha value is -2.01. The Kier molecular flexibility index (Phi) is 2.91. The summed E-state index contributed by atoms with van der Waals surface area (Å²) in [6, 6.07) is 7.14. The first-order valence-corrected chi connectivity index (χ1v) is 6.98. The van der Waals surface area contributed by atoms with Gasteiger partial charge in [0.25, 0.3) is 0 Å². The molecule has 1 aromatic carbocycles. The molecule has 2 aromatic heterocycles. The van der Waals surface area contributed by atoms with E-state index >= 15 is 0 Å². The maximum absolute atomic E-state index is 9.45. The molecule has 19 heavy (non-hydrogen) atoms. The standard InChI is InChI=1S/C14H15N3OS/c1-9-8-19-14-16-10(2)13(17(9)14)7-15-11-4-3-5-12(18)6-11/h3-6,8,15,18H,7H2,1-2H3. The normalized spacial score (nSPS) is 11.1. The zero-order valence-corrected chi connectivity index (χ0v) is 11.7. The van der Waals surface area contributed by atoms with E-state index in [0.29, 0.717) is 6.54 Å². The summed E-state index contributed by atoms with van der Waals surface area (Å²) >= 11 is 1.66. The molecule has 3 rings (SSSR count). The highest BCUT2D eigenvalue weighted by Crippen LogP contribution is 2.22. The Bertz CT molecular complexity index is 729. The third-order valence-electron chi connectivity index (χ3n) is 3.14. The molecule has 0 radical (unpaired) electrons. The van der Waals surface area contributed by atoms with Crippen LogP contribution < -0.4 is 5.32 Å². The van der Waals surface area contributed by atoms with Gasteiger partial charge in [-0.3, -0.25) is 4.40 Å². The van der Waals surface area contributed by atoms with Crippen molar-refractivity contribution < 1.29 is 5.11 Å². The topological polar surface area (TPSA) is 49.6 Å². The minimum absolute atomic E-state index is 0.270. The fraction of sp³-hybridized carbons (Fsp3) is 0.214. The number of benzene rings is 1. The summed E-state index contributed by atoms with van der Waals surface area (Å²) in [7, 11) is 0. The Morgan fingerprint density at radius 3 is 3.00 bits per heavy atom. The summed E-state index contributed by atoms with van der Waals surface area (Å²) in [6.45, 7) is 4.80. The maximum Gasteiger partial charge on any atom is 0.194 e. The fourth-order valence-corrected chi connectivity index (χ4v) is 3.11. The average molecular weight is 273 g/mol. The van der Waals surface area contributed by atoms with Crippen molar-refractivity contribution in [2.45, 2.75) is 20.4 Å². The summed E-state index contributed by atoms with van der Waals surface area (Å²) in [5.74, 6) is 0.270. The maximum atomic E-state index is 9.45. The van der Waals surface area contributed by atoms with Gasteiger partial charge < -0.3 is 10.4 Å². The lowest BCUT2D eigenvalue weighted by molar-refractivity contribution is 0.475. The highest BCUT2D eigenvalue weighted by atomic mass is 32.1. The molecule has 0 aliphatic carbocycles. The lowest BCUT2D eigenvalue weighted by Crippen LogP contribution is -2.04. The number of hydrogen-bond donors (Lipinski definition) is 2. The number of phenols is 1. The second kappa shape index (κ2) is 4.59. The lowest BCUT2D eigenvalue weighted by atomic mass is 10.3. The monoisotopic (exact) mass is 273 g/mol. The number of phenolic OH excluding ortho intramolecular Hbond substituents is 1. The quantitative estimate of drug-likeness (QED) is 0.769. The first-order valence-electron chi connectivity index (χ1n) is 6.10. The van der Waals surface area contributed by atoms with E-state index in [1.807, 2.05) is 19.1 Å². The molecule has 4 nitrogen and oxygen atoms in total. The van der Waals surface area contributed by atoms with E-state index in [2.05, 4.69) is 27.0 Å². The Balaban J connectivity index is 1.89. The second-order valence-corrected chi connectivity index (χ2v) is 5.38. The Morgan fingerprint density at radius 2 is 2.21 bits per heavy atom. The smallest absolute Gasteiger partial charge is 0.194 e. The lowest BCUT2D eigenvalue weighted by Gasteiger charge is -2.07. The van der Waals surface area contributed by atoms with E-state index in [0.717, 1.165) is 22.0 Å². The van der Waals surface area contributed by atoms with Gasteiger partial charge in [0.15, 0.2) is 4.96 Å². The van der Waals surface area contributed by atoms with E-state index in [4.69, 9.17) is 0 Å². The number of aromatic hydroxyl groups is 1. The molecule has 0 bridgehead atoms. The largest absolute Gasteiger partial charge is 0.508 e. The van der Waals surface area contributed by atoms with Gasteiger partial charge in [0.1, 0.15) is 5.75 Å². The predicted octanol–water partition coefficient (Wildman–Crippen LogP) is 3.33. The number of rotatable bonds is 3. The summed E-state index contributed by atoms with van der Waals surface area (Å²) in [6.07, 6.45) is 0. The molecule has 0 unspecified atom stereocenters. The van der Waals surface area contributed by atoms with Gasteiger partial charge in [0.2, 0.25) is 0 Å². The van der Waals surface area contributed by atoms with E-state index in [1.54, 1.807) is 23.5 Å². The first-order chi connectivity index (χ1) is 9.15. The number of imidazole rings is 1. The van der Waals surface area contributed by atoms with Crippen LogP contribution in [0.15, 0.2) is 29.6 Å². The van der Waals surface area contributed by atoms with Crippen LogP contribution in [0.3, 0.4) is 0 Å². The third-order valence-corrected chi connectivity index (χ3v) is 4.08. The van der Waals surface area contributed by atoms with Crippen LogP contribution in [-0.2, 0) is 6.54 Å². The van der Waals surface area contributed by atoms with Gasteiger partial charge in [-0.2, -0.15) is 0 Å². The van der Waals surface area contributed by atoms with Crippen LogP contribution in [0.4, 0.5) is 5.69 Å². The minimum atomic E-state index is 0.270. The summed E-state index contributed by atoms with van der Waals surface area (Å²) in [5.41, 5.74) is 4.32. The van der Waals surface area contributed by atoms with Crippen molar-refractivity contribution in [3.8, 4) is 5.75 Å². The summed E-state index contributed by atoms with van der Waals surface area (Å²) in [5, 5.41) is 14.9. The van der Waals surface area contributed by atoms with Gasteiger partial charge in [-0.05, 0) is 26.0 Å². The molecule has 5 heteroatoms. The van der Waals surface area contributed by atoms with Crippen molar-refractivity contribution in [2.24, 2.45) is 0 Å². The number of fused-ring (bicyclic) bond motifs is 1. The van der Waals surface area contributed by atoms with Gasteiger partial charge in [-0.1, -0.05) is 6.07 Å². The molecule has 0 saturated carbocycles. The van der Waals surface area contributed by atoms with E-state index < -0.39 is 0 Å². The SMILES string of the molecule is Cc1nc2scc(C)n2c1CNc1cccc(O)c1. The van der Waals surface area contributed by atoms with Crippen molar-refractivity contribution in [3.05, 3.63) is 46.7 Å². The molecule has 0 aliphatic rings. The molecule has 0 spiro atoms. The first kappa shape index (κ1) is 12.0. The zero-order chi connectivity index (χ0) is 13.4. The highest BCUT2D eigenvalue weighted by Gasteiger charge is 2.11. The third kappa shape index (κ3) is 2.17. The van der Waals surface area contributed by atoms with E-state index in [1.165, 1.54) is 5.69 Å². The summed E-state index contributed by atoms with van der Waals surface area (Å²) in [4.78, 5) is 5.59. The van der Waals surface area contributed by atoms with Crippen LogP contribution in [0.5, 0.6) is 5.75 Å². The van der Waals surface area contributed by atoms with Crippen LogP contribution in [-0.4, -0.2) is 14.5 Å². The molecule has 98 valence electrons. The van der Waals surface area contributed by atoms with Crippen LogP contribution >= 0.6 is 11.3 Å². The number of hydrogen-bond acceptors (Lipinski definition) is 4. The zero-order valence-electron chi connectivity index (χ0n) is 10.8. The van der Waals surface area contributed by atoms with Gasteiger partial charge >= 0.3 is 0 Å². The second-order valence-electron chi connectivity index (χ2n) is 4.54. The van der Waals surface area contributed by atoms with Crippen LogP contribution in [0.25, 0.3) is 4.96 Å². The number of nitrogens with one attached hydrogen (secondary N) is 1. The number of thiazole rings is 1. The van der Waals surface area contributed by atoms with Crippen molar-refractivity contribution >= 4 is 22.0 Å². The molecular formula is C14H15N3OS. The van der Waals surface area contributed by atoms with Crippen LogP contribution in [0.1, 0.15) is 17.1 Å². The number of aryl methyl sites for hydroxylation is 2. The molecule has 2 N–H and O–H groups in total. The van der Waals surface area contributed by atoms with Crippen LogP contribution in [0.2, 0.25) is 0 Å². The van der Waals surface area contributed by atoms with Crippen molar-refractivity contribution in [1.82, 2.24) is 9.38 Å². The Labute approximate surface area is 115 Å². The van der Waals surface area contributed by atoms with Crippen molar-refractivity contribution in [2.75, 3.05) is 5.32 Å². The minimum Gasteiger partial charge on any atom is -0.508 e. The van der Waals surface area contributed by atoms with Gasteiger partial charge in [-0.15, -0.1) is 11.3 Å². The molecule has 0 saturated heterocycles. The van der Waals surface area contributed by atoms with Gasteiger partial charge in [0.05, 0.1) is 17.9 Å². The van der Waals surface area contributed by atoms with Gasteiger partial charge in [0, 0.05) is 22.8 Å². The van der Waals surface area contributed by atoms with Crippen LogP contribution in [0, 0.1) is 13.8 Å². The Morgan fingerprint density at radius 1 is 1.37 bits per heavy atom. The highest BCUT2D eigenvalue weighted by molar-refractivity contribution is 7.15. The summed E-state index contributed by atoms with van der Waals surface area (Å²) < 4.78 is 2.18. The fourth-order valence-electron chi connectivity index (χ4n) is 2.18. The van der Waals surface area contributed by atoms with E-state index in [-0.39, 0.29) is 5.75 Å². The molecule has 0 aliphatic heterocycles. The average Bonchev–Trinajstić information content (AvgIpc) is 2.87. The molecule has 0 atom stereocenters. The molecule has 3 aromatic rings. The van der Waals surface area contributed by atoms with Crippen molar-refractivity contribution in [3.63, 3.8) is 0 Å². The number of aromatic nitrogens is 2. The molecule has 0 amide bonds.